The van der Waals surface area contributed by atoms with Crippen LogP contribution in [0.2, 0.25) is 0 Å². The zero-order chi connectivity index (χ0) is 14.1. The first-order valence-electron chi connectivity index (χ1n) is 7.16. The first kappa shape index (κ1) is 15.6. The number of anilines is 1. The third kappa shape index (κ3) is 5.81. The van der Waals surface area contributed by atoms with Gasteiger partial charge in [0.2, 0.25) is 0 Å². The Kier molecular flexibility index (Phi) is 7.07. The molecule has 0 N–H and O–H groups in total. The van der Waals surface area contributed by atoms with E-state index in [-0.39, 0.29) is 0 Å². The molecule has 0 unspecified atom stereocenters. The summed E-state index contributed by atoms with van der Waals surface area (Å²) in [6, 6.07) is 8.40. The van der Waals surface area contributed by atoms with Crippen molar-refractivity contribution in [3.63, 3.8) is 0 Å². The van der Waals surface area contributed by atoms with E-state index in [0.29, 0.717) is 0 Å². The van der Waals surface area contributed by atoms with E-state index >= 15 is 0 Å². The molecule has 1 aromatic rings. The van der Waals surface area contributed by atoms with Gasteiger partial charge in [0.25, 0.3) is 0 Å². The van der Waals surface area contributed by atoms with Crippen molar-refractivity contribution < 1.29 is 0 Å². The first-order chi connectivity index (χ1) is 9.17. The second-order valence-electron chi connectivity index (χ2n) is 5.02. The van der Waals surface area contributed by atoms with Gasteiger partial charge < -0.3 is 4.90 Å². The normalized spacial score (nSPS) is 10.2. The van der Waals surface area contributed by atoms with E-state index in [4.69, 9.17) is 0 Å². The third-order valence-electron chi connectivity index (χ3n) is 3.00. The van der Waals surface area contributed by atoms with Gasteiger partial charge in [-0.15, -0.1) is 0 Å². The monoisotopic (exact) mass is 258 g/mol. The van der Waals surface area contributed by atoms with Gasteiger partial charge in [-0.05, 0) is 50.2 Å². The molecule has 0 amide bonds. The largest absolute Gasteiger partial charge is 0.378 e. The maximum Gasteiger partial charge on any atom is 0.0605 e. The van der Waals surface area contributed by atoms with Gasteiger partial charge in [0.1, 0.15) is 0 Å². The topological polar surface area (TPSA) is 6.48 Å². The molecule has 0 aliphatic heterocycles. The molecule has 1 aromatic carbocycles. The fourth-order valence-corrected chi connectivity index (χ4v) is 2.00. The van der Waals surface area contributed by atoms with Gasteiger partial charge in [0.05, 0.1) is 6.54 Å². The molecule has 0 heterocycles. The van der Waals surface area contributed by atoms with Crippen molar-refractivity contribution in [2.45, 2.75) is 26.7 Å². The molecule has 0 aliphatic carbocycles. The molecule has 0 aromatic heterocycles. The van der Waals surface area contributed by atoms with E-state index in [1.165, 1.54) is 18.5 Å². The van der Waals surface area contributed by atoms with Gasteiger partial charge in [-0.1, -0.05) is 25.7 Å². The lowest BCUT2D eigenvalue weighted by Crippen LogP contribution is -2.25. The highest BCUT2D eigenvalue weighted by Gasteiger charge is 1.99. The first-order valence-corrected chi connectivity index (χ1v) is 7.16. The maximum atomic E-state index is 3.28. The van der Waals surface area contributed by atoms with Gasteiger partial charge in [-0.3, -0.25) is 4.90 Å². The quantitative estimate of drug-likeness (QED) is 0.723. The van der Waals surface area contributed by atoms with Crippen LogP contribution in [0.1, 0.15) is 32.3 Å². The van der Waals surface area contributed by atoms with Crippen LogP contribution in [0.25, 0.3) is 0 Å². The summed E-state index contributed by atoms with van der Waals surface area (Å²) < 4.78 is 0. The van der Waals surface area contributed by atoms with Crippen LogP contribution in [-0.4, -0.2) is 38.6 Å². The molecular weight excluding hydrogens is 232 g/mol. The smallest absolute Gasteiger partial charge is 0.0605 e. The van der Waals surface area contributed by atoms with Crippen LogP contribution in [0.3, 0.4) is 0 Å². The summed E-state index contributed by atoms with van der Waals surface area (Å²) in [5, 5.41) is 0. The van der Waals surface area contributed by atoms with Crippen LogP contribution in [0.4, 0.5) is 5.69 Å². The molecular formula is C17H26N2. The van der Waals surface area contributed by atoms with Crippen LogP contribution < -0.4 is 4.90 Å². The van der Waals surface area contributed by atoms with Crippen molar-refractivity contribution in [2.24, 2.45) is 0 Å². The molecule has 0 aliphatic rings. The van der Waals surface area contributed by atoms with Crippen molar-refractivity contribution >= 4 is 5.69 Å². The molecule has 0 radical (unpaired) electrons. The van der Waals surface area contributed by atoms with E-state index in [1.54, 1.807) is 0 Å². The van der Waals surface area contributed by atoms with Crippen LogP contribution in [0.5, 0.6) is 0 Å². The van der Waals surface area contributed by atoms with Gasteiger partial charge in [-0.25, -0.2) is 0 Å². The molecule has 0 spiro atoms. The highest BCUT2D eigenvalue weighted by atomic mass is 15.1. The second-order valence-corrected chi connectivity index (χ2v) is 5.02. The van der Waals surface area contributed by atoms with Gasteiger partial charge in [-0.2, -0.15) is 0 Å². The van der Waals surface area contributed by atoms with E-state index in [9.17, 15) is 0 Å². The van der Waals surface area contributed by atoms with Crippen molar-refractivity contribution in [1.82, 2.24) is 4.90 Å². The fourth-order valence-electron chi connectivity index (χ4n) is 2.00. The Morgan fingerprint density at radius 2 is 1.53 bits per heavy atom. The zero-order valence-electron chi connectivity index (χ0n) is 12.7. The lowest BCUT2D eigenvalue weighted by molar-refractivity contribution is 0.308. The molecule has 2 nitrogen and oxygen atoms in total. The molecule has 2 heteroatoms. The van der Waals surface area contributed by atoms with Gasteiger partial charge >= 0.3 is 0 Å². The van der Waals surface area contributed by atoms with Gasteiger partial charge in [0, 0.05) is 25.3 Å². The van der Waals surface area contributed by atoms with Crippen LogP contribution in [-0.2, 0) is 0 Å². The zero-order valence-corrected chi connectivity index (χ0v) is 12.7. The molecule has 0 saturated heterocycles. The predicted molar refractivity (Wildman–Crippen MR) is 84.7 cm³/mol. The molecule has 0 bridgehead atoms. The minimum atomic E-state index is 0.872. The molecule has 0 fully saturated rings. The fraction of sp³-hybridized carbons (Fsp3) is 0.529. The minimum Gasteiger partial charge on any atom is -0.378 e. The lowest BCUT2D eigenvalue weighted by Gasteiger charge is -2.17. The number of hydrogen-bond donors (Lipinski definition) is 0. The minimum absolute atomic E-state index is 0.872. The van der Waals surface area contributed by atoms with Crippen LogP contribution >= 0.6 is 0 Å². The summed E-state index contributed by atoms with van der Waals surface area (Å²) in [4.78, 5) is 4.52. The van der Waals surface area contributed by atoms with Gasteiger partial charge in [0.15, 0.2) is 0 Å². The summed E-state index contributed by atoms with van der Waals surface area (Å²) in [6.45, 7) is 7.59. The molecule has 0 atom stereocenters. The Balaban J connectivity index is 2.56. The lowest BCUT2D eigenvalue weighted by atomic mass is 10.2. The SMILES string of the molecule is CCCN(CC#Cc1ccc(N(C)C)cc1)CCC. The Bertz CT molecular complexity index is 403. The Labute approximate surface area is 118 Å². The average Bonchev–Trinajstić information content (AvgIpc) is 2.40. The maximum absolute atomic E-state index is 3.28. The molecule has 0 saturated carbocycles. The molecule has 19 heavy (non-hydrogen) atoms. The summed E-state index contributed by atoms with van der Waals surface area (Å²) in [5.74, 6) is 6.53. The van der Waals surface area contributed by atoms with Crippen LogP contribution in [0, 0.1) is 11.8 Å². The summed E-state index contributed by atoms with van der Waals surface area (Å²) in [7, 11) is 4.10. The number of nitrogens with zero attached hydrogens (tertiary/aromatic N) is 2. The van der Waals surface area contributed by atoms with Crippen molar-refractivity contribution in [1.29, 1.82) is 0 Å². The second kappa shape index (κ2) is 8.61. The van der Waals surface area contributed by atoms with E-state index in [0.717, 1.165) is 25.2 Å². The highest BCUT2D eigenvalue weighted by molar-refractivity contribution is 5.49. The van der Waals surface area contributed by atoms with E-state index < -0.39 is 0 Å². The standard InChI is InChI=1S/C17H26N2/c1-5-13-19(14-6-2)15-7-8-16-9-11-17(12-10-16)18(3)4/h9-12H,5-6,13-15H2,1-4H3. The number of rotatable bonds is 6. The Morgan fingerprint density at radius 1 is 0.947 bits per heavy atom. The summed E-state index contributed by atoms with van der Waals surface area (Å²) in [5.41, 5.74) is 2.31. The Morgan fingerprint density at radius 3 is 2.00 bits per heavy atom. The van der Waals surface area contributed by atoms with E-state index in [1.807, 2.05) is 14.1 Å². The molecule has 1 rings (SSSR count). The van der Waals surface area contributed by atoms with E-state index in [2.05, 4.69) is 59.8 Å². The third-order valence-corrected chi connectivity index (χ3v) is 3.00. The summed E-state index contributed by atoms with van der Waals surface area (Å²) in [6.07, 6.45) is 2.39. The predicted octanol–water partition coefficient (Wildman–Crippen LogP) is 3.23. The Hall–Kier alpha value is -1.46. The van der Waals surface area contributed by atoms with Crippen molar-refractivity contribution in [3.05, 3.63) is 29.8 Å². The molecule has 104 valence electrons. The average molecular weight is 258 g/mol. The summed E-state index contributed by atoms with van der Waals surface area (Å²) >= 11 is 0. The van der Waals surface area contributed by atoms with Crippen molar-refractivity contribution in [2.75, 3.05) is 38.6 Å². The van der Waals surface area contributed by atoms with Crippen molar-refractivity contribution in [3.8, 4) is 11.8 Å². The highest BCUT2D eigenvalue weighted by Crippen LogP contribution is 2.11. The number of hydrogen-bond acceptors (Lipinski definition) is 2. The number of benzene rings is 1. The van der Waals surface area contributed by atoms with Crippen LogP contribution in [0.15, 0.2) is 24.3 Å².